The van der Waals surface area contributed by atoms with Crippen molar-refractivity contribution in [3.8, 4) is 5.75 Å². The lowest BCUT2D eigenvalue weighted by Gasteiger charge is -2.27. The van der Waals surface area contributed by atoms with Gasteiger partial charge in [-0.3, -0.25) is 0 Å². The number of nitrogens with one attached hydrogen (secondary N) is 1. The molecule has 1 aromatic rings. The first-order chi connectivity index (χ1) is 9.62. The van der Waals surface area contributed by atoms with Crippen LogP contribution in [-0.2, 0) is 4.74 Å². The van der Waals surface area contributed by atoms with Gasteiger partial charge < -0.3 is 14.8 Å². The second-order valence-electron chi connectivity index (χ2n) is 5.79. The second-order valence-corrected chi connectivity index (χ2v) is 5.79. The van der Waals surface area contributed by atoms with Crippen LogP contribution in [-0.4, -0.2) is 32.0 Å². The molecule has 1 atom stereocenters. The van der Waals surface area contributed by atoms with Crippen molar-refractivity contribution in [1.29, 1.82) is 0 Å². The lowest BCUT2D eigenvalue weighted by molar-refractivity contribution is -0.186. The molecule has 1 unspecified atom stereocenters. The molecule has 21 heavy (non-hydrogen) atoms. The molecular formula is C15H22F3NO2. The van der Waals surface area contributed by atoms with Crippen LogP contribution in [0.4, 0.5) is 13.2 Å². The van der Waals surface area contributed by atoms with Crippen LogP contribution in [0.3, 0.4) is 0 Å². The fraction of sp³-hybridized carbons (Fsp3) is 0.600. The Morgan fingerprint density at radius 1 is 1.14 bits per heavy atom. The Kier molecular flexibility index (Phi) is 6.04. The average molecular weight is 305 g/mol. The smallest absolute Gasteiger partial charge is 0.411 e. The molecule has 0 bridgehead atoms. The predicted molar refractivity (Wildman–Crippen MR) is 75.5 cm³/mol. The Morgan fingerprint density at radius 2 is 1.76 bits per heavy atom. The highest BCUT2D eigenvalue weighted by atomic mass is 19.4. The van der Waals surface area contributed by atoms with Gasteiger partial charge in [-0.2, -0.15) is 13.2 Å². The van der Waals surface area contributed by atoms with E-state index >= 15 is 0 Å². The first kappa shape index (κ1) is 17.8. The van der Waals surface area contributed by atoms with E-state index in [4.69, 9.17) is 9.47 Å². The van der Waals surface area contributed by atoms with Crippen molar-refractivity contribution in [2.24, 2.45) is 0 Å². The third-order valence-electron chi connectivity index (χ3n) is 2.75. The number of hydrogen-bond acceptors (Lipinski definition) is 3. The molecule has 0 spiro atoms. The van der Waals surface area contributed by atoms with Crippen LogP contribution in [0.15, 0.2) is 24.3 Å². The number of alkyl halides is 3. The fourth-order valence-corrected chi connectivity index (χ4v) is 1.79. The predicted octanol–water partition coefficient (Wildman–Crippen LogP) is 3.70. The third-order valence-corrected chi connectivity index (χ3v) is 2.75. The Labute approximate surface area is 123 Å². The molecule has 0 amide bonds. The van der Waals surface area contributed by atoms with Gasteiger partial charge in [0, 0.05) is 17.6 Å². The minimum atomic E-state index is -4.36. The van der Waals surface area contributed by atoms with Crippen LogP contribution >= 0.6 is 0 Å². The number of para-hydroxylation sites is 1. The van der Waals surface area contributed by atoms with Gasteiger partial charge in [-0.1, -0.05) is 18.2 Å². The largest absolute Gasteiger partial charge is 0.496 e. The Hall–Kier alpha value is -1.27. The molecule has 0 aliphatic heterocycles. The second kappa shape index (κ2) is 7.13. The summed E-state index contributed by atoms with van der Waals surface area (Å²) < 4.78 is 47.5. The number of ether oxygens (including phenoxy) is 2. The van der Waals surface area contributed by atoms with E-state index in [9.17, 15) is 13.2 Å². The van der Waals surface area contributed by atoms with E-state index in [2.05, 4.69) is 5.32 Å². The molecule has 1 aromatic carbocycles. The van der Waals surface area contributed by atoms with Crippen LogP contribution in [0.5, 0.6) is 5.75 Å². The Bertz CT molecular complexity index is 423. The number of halogens is 3. The molecule has 0 aliphatic rings. The van der Waals surface area contributed by atoms with Gasteiger partial charge in [0.15, 0.2) is 0 Å². The highest BCUT2D eigenvalue weighted by molar-refractivity contribution is 5.35. The van der Waals surface area contributed by atoms with Crippen LogP contribution in [0, 0.1) is 0 Å². The molecule has 0 saturated heterocycles. The van der Waals surface area contributed by atoms with E-state index in [0.29, 0.717) is 11.3 Å². The summed E-state index contributed by atoms with van der Waals surface area (Å²) in [5.74, 6) is 0.514. The van der Waals surface area contributed by atoms with Crippen molar-refractivity contribution >= 4 is 0 Å². The Morgan fingerprint density at radius 3 is 2.29 bits per heavy atom. The fourth-order valence-electron chi connectivity index (χ4n) is 1.79. The van der Waals surface area contributed by atoms with Crippen LogP contribution in [0.2, 0.25) is 0 Å². The van der Waals surface area contributed by atoms with Crippen molar-refractivity contribution < 1.29 is 22.6 Å². The van der Waals surface area contributed by atoms with Crippen molar-refractivity contribution in [2.45, 2.75) is 38.6 Å². The first-order valence-electron chi connectivity index (χ1n) is 6.69. The van der Waals surface area contributed by atoms with E-state index in [-0.39, 0.29) is 12.1 Å². The molecule has 0 heterocycles. The van der Waals surface area contributed by atoms with E-state index in [1.165, 1.54) is 7.11 Å². The summed E-state index contributed by atoms with van der Waals surface area (Å²) in [7, 11) is 1.48. The SMILES string of the molecule is COc1ccccc1C(CNC(C)(C)C)OCC(F)(F)F. The van der Waals surface area contributed by atoms with Crippen LogP contribution in [0.25, 0.3) is 0 Å². The highest BCUT2D eigenvalue weighted by Crippen LogP contribution is 2.29. The lowest BCUT2D eigenvalue weighted by atomic mass is 10.1. The zero-order valence-electron chi connectivity index (χ0n) is 12.8. The molecule has 6 heteroatoms. The number of benzene rings is 1. The first-order valence-corrected chi connectivity index (χ1v) is 6.69. The summed E-state index contributed by atoms with van der Waals surface area (Å²) in [6.07, 6.45) is -5.09. The normalized spacial score (nSPS) is 14.0. The Balaban J connectivity index is 2.89. The number of methoxy groups -OCH3 is 1. The molecule has 1 N–H and O–H groups in total. The minimum absolute atomic E-state index is 0.220. The molecule has 0 aromatic heterocycles. The standard InChI is InChI=1S/C15H22F3NO2/c1-14(2,3)19-9-13(21-10-15(16,17)18)11-7-5-6-8-12(11)20-4/h5-8,13,19H,9-10H2,1-4H3. The molecule has 0 radical (unpaired) electrons. The molecule has 120 valence electrons. The van der Waals surface area contributed by atoms with E-state index in [0.717, 1.165) is 0 Å². The minimum Gasteiger partial charge on any atom is -0.496 e. The van der Waals surface area contributed by atoms with Crippen molar-refractivity contribution in [1.82, 2.24) is 5.32 Å². The van der Waals surface area contributed by atoms with Gasteiger partial charge in [0.2, 0.25) is 0 Å². The van der Waals surface area contributed by atoms with Gasteiger partial charge in [0.25, 0.3) is 0 Å². The van der Waals surface area contributed by atoms with Gasteiger partial charge >= 0.3 is 6.18 Å². The summed E-state index contributed by atoms with van der Waals surface area (Å²) in [6.45, 7) is 4.80. The maximum Gasteiger partial charge on any atom is 0.411 e. The van der Waals surface area contributed by atoms with Gasteiger partial charge in [0.05, 0.1) is 13.2 Å². The topological polar surface area (TPSA) is 30.5 Å². The summed E-state index contributed by atoms with van der Waals surface area (Å²) >= 11 is 0. The van der Waals surface area contributed by atoms with Crippen LogP contribution < -0.4 is 10.1 Å². The molecular weight excluding hydrogens is 283 g/mol. The highest BCUT2D eigenvalue weighted by Gasteiger charge is 2.30. The summed E-state index contributed by atoms with van der Waals surface area (Å²) in [5.41, 5.74) is 0.378. The zero-order chi connectivity index (χ0) is 16.1. The van der Waals surface area contributed by atoms with Gasteiger partial charge in [-0.05, 0) is 26.8 Å². The number of hydrogen-bond donors (Lipinski definition) is 1. The van der Waals surface area contributed by atoms with E-state index in [1.54, 1.807) is 24.3 Å². The molecule has 0 fully saturated rings. The summed E-state index contributed by atoms with van der Waals surface area (Å²) in [6, 6.07) is 6.93. The van der Waals surface area contributed by atoms with Crippen molar-refractivity contribution in [2.75, 3.05) is 20.3 Å². The maximum absolute atomic E-state index is 12.4. The quantitative estimate of drug-likeness (QED) is 0.869. The van der Waals surface area contributed by atoms with E-state index < -0.39 is 18.9 Å². The number of rotatable bonds is 6. The van der Waals surface area contributed by atoms with Crippen molar-refractivity contribution in [3.05, 3.63) is 29.8 Å². The van der Waals surface area contributed by atoms with Gasteiger partial charge in [-0.15, -0.1) is 0 Å². The van der Waals surface area contributed by atoms with Crippen molar-refractivity contribution in [3.63, 3.8) is 0 Å². The van der Waals surface area contributed by atoms with Gasteiger partial charge in [-0.25, -0.2) is 0 Å². The zero-order valence-corrected chi connectivity index (χ0v) is 12.8. The van der Waals surface area contributed by atoms with Crippen LogP contribution in [0.1, 0.15) is 32.4 Å². The average Bonchev–Trinajstić information content (AvgIpc) is 2.36. The molecule has 0 saturated carbocycles. The summed E-state index contributed by atoms with van der Waals surface area (Å²) in [4.78, 5) is 0. The molecule has 3 nitrogen and oxygen atoms in total. The summed E-state index contributed by atoms with van der Waals surface area (Å²) in [5, 5.41) is 3.16. The monoisotopic (exact) mass is 305 g/mol. The maximum atomic E-state index is 12.4. The lowest BCUT2D eigenvalue weighted by Crippen LogP contribution is -2.39. The van der Waals surface area contributed by atoms with E-state index in [1.807, 2.05) is 20.8 Å². The molecule has 0 aliphatic carbocycles. The van der Waals surface area contributed by atoms with Gasteiger partial charge in [0.1, 0.15) is 12.4 Å². The third kappa shape index (κ3) is 6.82. The molecule has 1 rings (SSSR count).